The van der Waals surface area contributed by atoms with Gasteiger partial charge < -0.3 is 14.6 Å². The number of hydrogen-bond donors (Lipinski definition) is 1. The van der Waals surface area contributed by atoms with Gasteiger partial charge in [0.15, 0.2) is 0 Å². The Hall–Kier alpha value is -0.860. The summed E-state index contributed by atoms with van der Waals surface area (Å²) < 4.78 is 59.2. The highest BCUT2D eigenvalue weighted by Crippen LogP contribution is 2.25. The molecule has 0 radical (unpaired) electrons. The van der Waals surface area contributed by atoms with Gasteiger partial charge in [0.2, 0.25) is 0 Å². The molecule has 1 atom stereocenters. The van der Waals surface area contributed by atoms with Crippen LogP contribution in [-0.4, -0.2) is 43.9 Å². The Balaban J connectivity index is 2.49. The minimum Gasteiger partial charge on any atom is -0.497 e. The van der Waals surface area contributed by atoms with Gasteiger partial charge in [0.25, 0.3) is 0 Å². The molecule has 0 aliphatic carbocycles. The Morgan fingerprint density at radius 2 is 2.00 bits per heavy atom. The highest BCUT2D eigenvalue weighted by atomic mass is 79.9. The van der Waals surface area contributed by atoms with E-state index in [0.717, 1.165) is 0 Å². The molecule has 1 aromatic rings. The Labute approximate surface area is 128 Å². The second-order valence-electron chi connectivity index (χ2n) is 4.39. The number of methoxy groups -OCH3 is 1. The average Bonchev–Trinajstić information content (AvgIpc) is 2.40. The van der Waals surface area contributed by atoms with Gasteiger partial charge in [-0.3, -0.25) is 0 Å². The van der Waals surface area contributed by atoms with Gasteiger partial charge in [-0.05, 0) is 23.8 Å². The fraction of sp³-hybridized carbons (Fsp3) is 0.538. The minimum atomic E-state index is -4.21. The van der Waals surface area contributed by atoms with Gasteiger partial charge in [-0.1, -0.05) is 15.9 Å². The highest BCUT2D eigenvalue weighted by Gasteiger charge is 2.41. The summed E-state index contributed by atoms with van der Waals surface area (Å²) in [6.07, 6.45) is -4.78. The lowest BCUT2D eigenvalue weighted by Gasteiger charge is -2.17. The van der Waals surface area contributed by atoms with Crippen LogP contribution in [0.5, 0.6) is 5.75 Å². The molecule has 0 spiro atoms. The first-order valence-corrected chi connectivity index (χ1v) is 6.79. The van der Waals surface area contributed by atoms with Gasteiger partial charge in [-0.25, -0.2) is 8.78 Å². The first-order valence-electron chi connectivity index (χ1n) is 6.00. The molecule has 120 valence electrons. The summed E-state index contributed by atoms with van der Waals surface area (Å²) in [6.45, 7) is -1.90. The smallest absolute Gasteiger partial charge is 0.330 e. The number of aliphatic hydroxyl groups excluding tert-OH is 1. The standard InChI is InChI=1S/C13H15BrF4O3/c1-20-10-2-3-11(14)8(5-10)4-9(19)6-21-7-13(17,18)12(15)16/h2-3,5,9,12,19H,4,6-7H2,1H3. The van der Waals surface area contributed by atoms with Gasteiger partial charge in [0.05, 0.1) is 19.8 Å². The summed E-state index contributed by atoms with van der Waals surface area (Å²) in [5.41, 5.74) is 0.686. The summed E-state index contributed by atoms with van der Waals surface area (Å²) in [7, 11) is 1.49. The third-order valence-electron chi connectivity index (χ3n) is 2.63. The predicted molar refractivity (Wildman–Crippen MR) is 72.2 cm³/mol. The van der Waals surface area contributed by atoms with Crippen molar-refractivity contribution in [2.75, 3.05) is 20.3 Å². The molecular weight excluding hydrogens is 360 g/mol. The lowest BCUT2D eigenvalue weighted by atomic mass is 10.1. The molecule has 1 unspecified atom stereocenters. The van der Waals surface area contributed by atoms with Gasteiger partial charge in [0, 0.05) is 10.9 Å². The average molecular weight is 375 g/mol. The van der Waals surface area contributed by atoms with E-state index in [1.165, 1.54) is 7.11 Å². The maximum Gasteiger partial charge on any atom is 0.330 e. The van der Waals surface area contributed by atoms with Crippen LogP contribution in [0.1, 0.15) is 5.56 Å². The van der Waals surface area contributed by atoms with Crippen LogP contribution in [0.25, 0.3) is 0 Å². The third-order valence-corrected chi connectivity index (χ3v) is 3.41. The zero-order chi connectivity index (χ0) is 16.0. The third kappa shape index (κ3) is 5.80. The van der Waals surface area contributed by atoms with Crippen molar-refractivity contribution in [1.29, 1.82) is 0 Å². The first-order chi connectivity index (χ1) is 9.76. The Kier molecular flexibility index (Phi) is 6.89. The lowest BCUT2D eigenvalue weighted by molar-refractivity contribution is -0.170. The van der Waals surface area contributed by atoms with Crippen molar-refractivity contribution in [1.82, 2.24) is 0 Å². The molecule has 0 saturated carbocycles. The molecule has 3 nitrogen and oxygen atoms in total. The van der Waals surface area contributed by atoms with Crippen LogP contribution < -0.4 is 4.74 Å². The van der Waals surface area contributed by atoms with Crippen LogP contribution in [0.4, 0.5) is 17.6 Å². The summed E-state index contributed by atoms with van der Waals surface area (Å²) >= 11 is 3.28. The van der Waals surface area contributed by atoms with E-state index in [9.17, 15) is 22.7 Å². The van der Waals surface area contributed by atoms with E-state index in [1.807, 2.05) is 0 Å². The van der Waals surface area contributed by atoms with Crippen LogP contribution >= 0.6 is 15.9 Å². The maximum absolute atomic E-state index is 12.6. The van der Waals surface area contributed by atoms with Crippen molar-refractivity contribution in [3.05, 3.63) is 28.2 Å². The molecule has 0 saturated heterocycles. The maximum atomic E-state index is 12.6. The molecule has 1 rings (SSSR count). The van der Waals surface area contributed by atoms with Gasteiger partial charge in [-0.15, -0.1) is 0 Å². The molecule has 0 fully saturated rings. The van der Waals surface area contributed by atoms with Crippen LogP contribution in [0.3, 0.4) is 0 Å². The Bertz CT molecular complexity index is 457. The molecule has 0 aromatic heterocycles. The monoisotopic (exact) mass is 374 g/mol. The van der Waals surface area contributed by atoms with Crippen LogP contribution in [0.15, 0.2) is 22.7 Å². The zero-order valence-electron chi connectivity index (χ0n) is 11.2. The molecule has 0 heterocycles. The van der Waals surface area contributed by atoms with Crippen LogP contribution in [0.2, 0.25) is 0 Å². The van der Waals surface area contributed by atoms with E-state index >= 15 is 0 Å². The van der Waals surface area contributed by atoms with Crippen molar-refractivity contribution in [2.24, 2.45) is 0 Å². The van der Waals surface area contributed by atoms with E-state index in [1.54, 1.807) is 18.2 Å². The molecule has 8 heteroatoms. The molecule has 0 aliphatic rings. The van der Waals surface area contributed by atoms with Gasteiger partial charge in [-0.2, -0.15) is 8.78 Å². The van der Waals surface area contributed by atoms with Crippen molar-refractivity contribution in [2.45, 2.75) is 24.9 Å². The zero-order valence-corrected chi connectivity index (χ0v) is 12.7. The number of ether oxygens (including phenoxy) is 2. The Morgan fingerprint density at radius 1 is 1.33 bits per heavy atom. The van der Waals surface area contributed by atoms with E-state index in [0.29, 0.717) is 15.8 Å². The minimum absolute atomic E-state index is 0.109. The molecule has 0 aliphatic heterocycles. The molecule has 21 heavy (non-hydrogen) atoms. The summed E-state index contributed by atoms with van der Waals surface area (Å²) in [6, 6.07) is 5.09. The van der Waals surface area contributed by atoms with Crippen molar-refractivity contribution >= 4 is 15.9 Å². The molecule has 1 aromatic carbocycles. The summed E-state index contributed by atoms with van der Waals surface area (Å²) in [4.78, 5) is 0. The number of alkyl halides is 4. The Morgan fingerprint density at radius 3 is 2.57 bits per heavy atom. The summed E-state index contributed by atoms with van der Waals surface area (Å²) in [5.74, 6) is -3.64. The SMILES string of the molecule is COc1ccc(Br)c(CC(O)COCC(F)(F)C(F)F)c1. The van der Waals surface area contributed by atoms with E-state index < -0.39 is 31.7 Å². The fourth-order valence-electron chi connectivity index (χ4n) is 1.54. The fourth-order valence-corrected chi connectivity index (χ4v) is 1.95. The topological polar surface area (TPSA) is 38.7 Å². The van der Waals surface area contributed by atoms with E-state index in [-0.39, 0.29) is 6.42 Å². The van der Waals surface area contributed by atoms with Gasteiger partial charge >= 0.3 is 12.3 Å². The van der Waals surface area contributed by atoms with Gasteiger partial charge in [0.1, 0.15) is 12.4 Å². The lowest BCUT2D eigenvalue weighted by Crippen LogP contribution is -2.34. The number of benzene rings is 1. The largest absolute Gasteiger partial charge is 0.497 e. The van der Waals surface area contributed by atoms with E-state index in [2.05, 4.69) is 20.7 Å². The molecule has 0 bridgehead atoms. The van der Waals surface area contributed by atoms with Crippen molar-refractivity contribution in [3.8, 4) is 5.75 Å². The van der Waals surface area contributed by atoms with Crippen molar-refractivity contribution in [3.63, 3.8) is 0 Å². The summed E-state index contributed by atoms with van der Waals surface area (Å²) in [5, 5.41) is 9.71. The second kappa shape index (κ2) is 7.95. The van der Waals surface area contributed by atoms with Crippen LogP contribution in [-0.2, 0) is 11.2 Å². The number of aliphatic hydroxyl groups is 1. The van der Waals surface area contributed by atoms with Crippen LogP contribution in [0, 0.1) is 0 Å². The van der Waals surface area contributed by atoms with E-state index in [4.69, 9.17) is 4.74 Å². The highest BCUT2D eigenvalue weighted by molar-refractivity contribution is 9.10. The molecule has 1 N–H and O–H groups in total. The normalized spacial score (nSPS) is 13.5. The number of hydrogen-bond acceptors (Lipinski definition) is 3. The second-order valence-corrected chi connectivity index (χ2v) is 5.25. The predicted octanol–water partition coefficient (Wildman–Crippen LogP) is 3.28. The number of halogens is 5. The first kappa shape index (κ1) is 18.2. The quantitative estimate of drug-likeness (QED) is 0.709. The molecule has 0 amide bonds. The molecular formula is C13H15BrF4O3. The number of rotatable bonds is 8. The van der Waals surface area contributed by atoms with Crippen molar-refractivity contribution < 1.29 is 32.1 Å².